The molecule has 2 aliphatic rings. The van der Waals surface area contributed by atoms with Crippen molar-refractivity contribution in [2.24, 2.45) is 0 Å². The van der Waals surface area contributed by atoms with Gasteiger partial charge in [-0.15, -0.1) is 0 Å². The fraction of sp³-hybridized carbons (Fsp3) is 0.333. The van der Waals surface area contributed by atoms with E-state index in [1.54, 1.807) is 6.20 Å². The lowest BCUT2D eigenvalue weighted by Crippen LogP contribution is -2.48. The molecule has 1 amide bonds. The maximum Gasteiger partial charge on any atom is 0.246 e. The number of nitrogens with zero attached hydrogens (tertiary/aromatic N) is 6. The second-order valence-electron chi connectivity index (χ2n) is 9.36. The average molecular weight is 484 g/mol. The van der Waals surface area contributed by atoms with E-state index in [-0.39, 0.29) is 5.91 Å². The zero-order valence-corrected chi connectivity index (χ0v) is 20.4. The molecule has 0 bridgehead atoms. The van der Waals surface area contributed by atoms with Crippen molar-refractivity contribution in [3.63, 3.8) is 0 Å². The first-order valence-electron chi connectivity index (χ1n) is 12.4. The molecule has 2 fully saturated rings. The number of anilines is 2. The van der Waals surface area contributed by atoms with Gasteiger partial charge in [0.1, 0.15) is 17.1 Å². The Morgan fingerprint density at radius 2 is 1.81 bits per heavy atom. The van der Waals surface area contributed by atoms with E-state index in [1.165, 1.54) is 6.08 Å². The number of piperazine rings is 1. The van der Waals surface area contributed by atoms with E-state index in [2.05, 4.69) is 32.6 Å². The van der Waals surface area contributed by atoms with Crippen molar-refractivity contribution in [1.29, 1.82) is 0 Å². The van der Waals surface area contributed by atoms with Crippen LogP contribution in [-0.2, 0) is 4.79 Å². The first kappa shape index (κ1) is 22.3. The third kappa shape index (κ3) is 3.90. The lowest BCUT2D eigenvalue weighted by molar-refractivity contribution is -0.126. The van der Waals surface area contributed by atoms with Crippen LogP contribution in [0.2, 0.25) is 0 Å². The number of benzene rings is 2. The van der Waals surface area contributed by atoms with Gasteiger partial charge >= 0.3 is 0 Å². The second kappa shape index (κ2) is 9.14. The van der Waals surface area contributed by atoms with Gasteiger partial charge in [-0.25, -0.2) is 4.98 Å². The van der Waals surface area contributed by atoms with Crippen LogP contribution in [0.3, 0.4) is 0 Å². The zero-order valence-electron chi connectivity index (χ0n) is 20.4. The smallest absolute Gasteiger partial charge is 0.246 e. The molecule has 2 aromatic heterocycles. The van der Waals surface area contributed by atoms with Crippen molar-refractivity contribution >= 4 is 39.5 Å². The zero-order chi connectivity index (χ0) is 24.6. The highest BCUT2D eigenvalue weighted by molar-refractivity contribution is 5.95. The molecule has 9 nitrogen and oxygen atoms in total. The molecular weight excluding hydrogens is 454 g/mol. The fourth-order valence-electron chi connectivity index (χ4n) is 5.09. The van der Waals surface area contributed by atoms with Gasteiger partial charge in [-0.3, -0.25) is 9.89 Å². The molecule has 0 spiro atoms. The number of aromatic nitrogens is 4. The van der Waals surface area contributed by atoms with Crippen LogP contribution in [0.4, 0.5) is 11.8 Å². The molecule has 184 valence electrons. The molecule has 36 heavy (non-hydrogen) atoms. The summed E-state index contributed by atoms with van der Waals surface area (Å²) >= 11 is 0. The Balaban J connectivity index is 1.44. The summed E-state index contributed by atoms with van der Waals surface area (Å²) < 4.78 is 6.57. The number of carbonyl (C=O) groups excluding carboxylic acids is 1. The summed E-state index contributed by atoms with van der Waals surface area (Å²) in [6.07, 6.45) is 5.45. The molecule has 2 aliphatic heterocycles. The van der Waals surface area contributed by atoms with Gasteiger partial charge in [0.25, 0.3) is 0 Å². The Hall–Kier alpha value is -4.14. The minimum Gasteiger partial charge on any atom is -0.454 e. The average Bonchev–Trinajstić information content (AvgIpc) is 3.62. The van der Waals surface area contributed by atoms with Crippen molar-refractivity contribution in [2.75, 3.05) is 49.1 Å². The highest BCUT2D eigenvalue weighted by atomic mass is 16.5. The van der Waals surface area contributed by atoms with Crippen molar-refractivity contribution in [3.05, 3.63) is 54.7 Å². The number of aromatic amines is 1. The van der Waals surface area contributed by atoms with Crippen LogP contribution in [0.25, 0.3) is 21.8 Å². The fourth-order valence-corrected chi connectivity index (χ4v) is 5.09. The van der Waals surface area contributed by atoms with Crippen molar-refractivity contribution < 1.29 is 9.53 Å². The number of rotatable bonds is 5. The van der Waals surface area contributed by atoms with Crippen LogP contribution in [0, 0.1) is 6.92 Å². The lowest BCUT2D eigenvalue weighted by Gasteiger charge is -2.35. The molecule has 2 aromatic carbocycles. The van der Waals surface area contributed by atoms with Crippen LogP contribution < -0.4 is 14.5 Å². The summed E-state index contributed by atoms with van der Waals surface area (Å²) in [5.74, 6) is 3.05. The van der Waals surface area contributed by atoms with E-state index in [0.717, 1.165) is 70.8 Å². The molecule has 4 heterocycles. The Morgan fingerprint density at radius 3 is 2.58 bits per heavy atom. The summed E-state index contributed by atoms with van der Waals surface area (Å²) in [6.45, 7) is 10.2. The molecule has 2 saturated heterocycles. The number of para-hydroxylation sites is 1. The van der Waals surface area contributed by atoms with Gasteiger partial charge in [0.05, 0.1) is 17.1 Å². The number of hydrogen-bond acceptors (Lipinski definition) is 7. The predicted octanol–water partition coefficient (Wildman–Crippen LogP) is 4.04. The van der Waals surface area contributed by atoms with Gasteiger partial charge in [-0.05, 0) is 49.6 Å². The first-order chi connectivity index (χ1) is 17.6. The number of carbonyl (C=O) groups is 1. The van der Waals surface area contributed by atoms with Crippen molar-refractivity contribution in [3.8, 4) is 11.5 Å². The van der Waals surface area contributed by atoms with Crippen LogP contribution in [0.15, 0.2) is 49.2 Å². The molecule has 9 heteroatoms. The lowest BCUT2D eigenvalue weighted by atomic mass is 10.1. The SMILES string of the molecule is C=CC(=O)N1CCN(c2nc(N3CCCC3)nc3c(Oc4c(C)ccc5[nH]ncc45)cccc23)CC1. The highest BCUT2D eigenvalue weighted by Crippen LogP contribution is 2.38. The second-order valence-corrected chi connectivity index (χ2v) is 9.36. The van der Waals surface area contributed by atoms with E-state index in [0.29, 0.717) is 31.9 Å². The first-order valence-corrected chi connectivity index (χ1v) is 12.4. The minimum atomic E-state index is -0.0283. The highest BCUT2D eigenvalue weighted by Gasteiger charge is 2.25. The molecular formula is C27H29N7O2. The van der Waals surface area contributed by atoms with E-state index >= 15 is 0 Å². The summed E-state index contributed by atoms with van der Waals surface area (Å²) in [5, 5.41) is 9.09. The predicted molar refractivity (Wildman–Crippen MR) is 141 cm³/mol. The molecule has 0 aliphatic carbocycles. The molecule has 1 N–H and O–H groups in total. The van der Waals surface area contributed by atoms with Crippen LogP contribution in [-0.4, -0.2) is 70.2 Å². The summed E-state index contributed by atoms with van der Waals surface area (Å²) in [7, 11) is 0. The van der Waals surface area contributed by atoms with Crippen molar-refractivity contribution in [2.45, 2.75) is 19.8 Å². The Bertz CT molecular complexity index is 1450. The Kier molecular flexibility index (Phi) is 5.67. The largest absolute Gasteiger partial charge is 0.454 e. The number of H-pyrrole nitrogens is 1. The molecule has 4 aromatic rings. The maximum absolute atomic E-state index is 12.1. The molecule has 0 saturated carbocycles. The molecule has 0 atom stereocenters. The summed E-state index contributed by atoms with van der Waals surface area (Å²) in [6, 6.07) is 10.0. The number of nitrogens with one attached hydrogen (secondary N) is 1. The molecule has 6 rings (SSSR count). The van der Waals surface area contributed by atoms with Gasteiger partial charge in [-0.2, -0.15) is 10.1 Å². The van der Waals surface area contributed by atoms with E-state index < -0.39 is 0 Å². The molecule has 0 unspecified atom stereocenters. The van der Waals surface area contributed by atoms with Gasteiger partial charge < -0.3 is 19.4 Å². The Morgan fingerprint density at radius 1 is 1.00 bits per heavy atom. The third-order valence-corrected chi connectivity index (χ3v) is 7.10. The number of ether oxygens (including phenoxy) is 1. The van der Waals surface area contributed by atoms with Crippen LogP contribution in [0.1, 0.15) is 18.4 Å². The molecule has 0 radical (unpaired) electrons. The normalized spacial score (nSPS) is 16.2. The minimum absolute atomic E-state index is 0.0283. The summed E-state index contributed by atoms with van der Waals surface area (Å²) in [5.41, 5.74) is 2.74. The van der Waals surface area contributed by atoms with Gasteiger partial charge in [0, 0.05) is 44.7 Å². The van der Waals surface area contributed by atoms with Gasteiger partial charge in [0.15, 0.2) is 5.75 Å². The van der Waals surface area contributed by atoms with Crippen LogP contribution in [0.5, 0.6) is 11.5 Å². The number of amides is 1. The van der Waals surface area contributed by atoms with Crippen LogP contribution >= 0.6 is 0 Å². The van der Waals surface area contributed by atoms with E-state index in [9.17, 15) is 4.79 Å². The van der Waals surface area contributed by atoms with Gasteiger partial charge in [0.2, 0.25) is 11.9 Å². The quantitative estimate of drug-likeness (QED) is 0.429. The topological polar surface area (TPSA) is 90.5 Å². The van der Waals surface area contributed by atoms with E-state index in [1.807, 2.05) is 36.1 Å². The number of aryl methyl sites for hydroxylation is 1. The third-order valence-electron chi connectivity index (χ3n) is 7.10. The summed E-state index contributed by atoms with van der Waals surface area (Å²) in [4.78, 5) is 28.5. The Labute approximate surface area is 209 Å². The standard InChI is InChI=1S/C27H29N7O2/c1-3-23(35)32-13-15-33(16-14-32)26-19-7-6-8-22(24(19)29-27(30-26)34-11-4-5-12-34)36-25-18(2)9-10-21-20(25)17-28-31-21/h3,6-10,17H,1,4-5,11-16H2,2H3,(H,28,31). The van der Waals surface area contributed by atoms with Gasteiger partial charge in [-0.1, -0.05) is 18.7 Å². The monoisotopic (exact) mass is 483 g/mol. The van der Waals surface area contributed by atoms with E-state index in [4.69, 9.17) is 14.7 Å². The number of fused-ring (bicyclic) bond motifs is 2. The number of hydrogen-bond donors (Lipinski definition) is 1. The van der Waals surface area contributed by atoms with Crippen molar-refractivity contribution in [1.82, 2.24) is 25.1 Å². The maximum atomic E-state index is 12.1.